The number of likely N-dealkylation sites (tertiary alicyclic amines) is 1. The minimum absolute atomic E-state index is 0.199. The summed E-state index contributed by atoms with van der Waals surface area (Å²) in [4.78, 5) is 5.26. The molecule has 4 heteroatoms. The standard InChI is InChI=1S/C24H32N2O2/c1-19-17-26(18-21-8-9-23(27-2)16-24(21)28-19)22-11-14-25(15-12-22)13-10-20-6-4-3-5-7-20/h3-9,16,19,22H,10-15,17-18H2,1-2H3. The fourth-order valence-corrected chi connectivity index (χ4v) is 4.49. The van der Waals surface area contributed by atoms with Gasteiger partial charge in [0.25, 0.3) is 0 Å². The number of methoxy groups -OCH3 is 1. The van der Waals surface area contributed by atoms with Gasteiger partial charge in [0.1, 0.15) is 17.6 Å². The second kappa shape index (κ2) is 8.97. The Kier molecular flexibility index (Phi) is 6.18. The van der Waals surface area contributed by atoms with Gasteiger partial charge < -0.3 is 14.4 Å². The Balaban J connectivity index is 1.33. The van der Waals surface area contributed by atoms with Crippen molar-refractivity contribution in [1.82, 2.24) is 9.80 Å². The predicted molar refractivity (Wildman–Crippen MR) is 113 cm³/mol. The van der Waals surface area contributed by atoms with Crippen LogP contribution in [-0.4, -0.2) is 55.2 Å². The number of fused-ring (bicyclic) bond motifs is 1. The number of hydrogen-bond acceptors (Lipinski definition) is 4. The SMILES string of the molecule is COc1ccc2c(c1)OC(C)CN(C1CCN(CCc3ccccc3)CC1)C2. The molecule has 0 radical (unpaired) electrons. The lowest BCUT2D eigenvalue weighted by Crippen LogP contribution is -2.46. The largest absolute Gasteiger partial charge is 0.497 e. The zero-order valence-corrected chi connectivity index (χ0v) is 17.1. The predicted octanol–water partition coefficient (Wildman–Crippen LogP) is 3.99. The third-order valence-electron chi connectivity index (χ3n) is 6.10. The van der Waals surface area contributed by atoms with Crippen LogP contribution >= 0.6 is 0 Å². The lowest BCUT2D eigenvalue weighted by molar-refractivity contribution is 0.0785. The highest BCUT2D eigenvalue weighted by atomic mass is 16.5. The molecule has 2 heterocycles. The molecule has 1 unspecified atom stereocenters. The molecule has 2 aliphatic rings. The molecule has 1 saturated heterocycles. The van der Waals surface area contributed by atoms with Gasteiger partial charge in [0, 0.05) is 37.3 Å². The normalized spacial score (nSPS) is 21.6. The molecule has 4 nitrogen and oxygen atoms in total. The van der Waals surface area contributed by atoms with Crippen molar-refractivity contribution >= 4 is 0 Å². The number of benzene rings is 2. The molecule has 2 aromatic rings. The molecular formula is C24H32N2O2. The van der Waals surface area contributed by atoms with E-state index in [-0.39, 0.29) is 6.10 Å². The van der Waals surface area contributed by atoms with Gasteiger partial charge in [-0.2, -0.15) is 0 Å². The highest BCUT2D eigenvalue weighted by Crippen LogP contribution is 2.31. The highest BCUT2D eigenvalue weighted by molar-refractivity contribution is 5.41. The summed E-state index contributed by atoms with van der Waals surface area (Å²) in [5, 5.41) is 0. The van der Waals surface area contributed by atoms with Crippen molar-refractivity contribution in [1.29, 1.82) is 0 Å². The van der Waals surface area contributed by atoms with Crippen molar-refractivity contribution in [3.05, 3.63) is 59.7 Å². The van der Waals surface area contributed by atoms with E-state index in [0.717, 1.165) is 31.0 Å². The first-order valence-corrected chi connectivity index (χ1v) is 10.5. The molecule has 28 heavy (non-hydrogen) atoms. The zero-order valence-electron chi connectivity index (χ0n) is 17.1. The molecule has 0 N–H and O–H groups in total. The summed E-state index contributed by atoms with van der Waals surface area (Å²) < 4.78 is 11.6. The molecule has 150 valence electrons. The van der Waals surface area contributed by atoms with Crippen molar-refractivity contribution in [3.63, 3.8) is 0 Å². The summed E-state index contributed by atoms with van der Waals surface area (Å²) in [6.07, 6.45) is 3.83. The minimum Gasteiger partial charge on any atom is -0.497 e. The average molecular weight is 381 g/mol. The maximum Gasteiger partial charge on any atom is 0.127 e. The first kappa shape index (κ1) is 19.3. The van der Waals surface area contributed by atoms with Crippen molar-refractivity contribution in [2.24, 2.45) is 0 Å². The van der Waals surface area contributed by atoms with Gasteiger partial charge in [-0.3, -0.25) is 4.90 Å². The molecule has 1 fully saturated rings. The van der Waals surface area contributed by atoms with E-state index in [2.05, 4.69) is 53.1 Å². The number of rotatable bonds is 5. The summed E-state index contributed by atoms with van der Waals surface area (Å²) in [7, 11) is 1.71. The molecule has 0 aromatic heterocycles. The Bertz CT molecular complexity index is 756. The van der Waals surface area contributed by atoms with Crippen LogP contribution in [0.3, 0.4) is 0 Å². The molecule has 0 bridgehead atoms. The van der Waals surface area contributed by atoms with Gasteiger partial charge in [0.15, 0.2) is 0 Å². The molecule has 2 aliphatic heterocycles. The van der Waals surface area contributed by atoms with Gasteiger partial charge in [0.05, 0.1) is 7.11 Å². The summed E-state index contributed by atoms with van der Waals surface area (Å²) in [6, 6.07) is 17.7. The fraction of sp³-hybridized carbons (Fsp3) is 0.500. The summed E-state index contributed by atoms with van der Waals surface area (Å²) in [5.74, 6) is 1.85. The second-order valence-electron chi connectivity index (χ2n) is 8.14. The molecule has 4 rings (SSSR count). The number of piperidine rings is 1. The molecule has 0 saturated carbocycles. The van der Waals surface area contributed by atoms with Gasteiger partial charge in [-0.05, 0) is 50.9 Å². The summed E-state index contributed by atoms with van der Waals surface area (Å²) in [5.41, 5.74) is 2.71. The van der Waals surface area contributed by atoms with Crippen LogP contribution in [0.4, 0.5) is 0 Å². The highest BCUT2D eigenvalue weighted by Gasteiger charge is 2.29. The topological polar surface area (TPSA) is 24.9 Å². The van der Waals surface area contributed by atoms with Gasteiger partial charge in [0.2, 0.25) is 0 Å². The van der Waals surface area contributed by atoms with E-state index in [0.29, 0.717) is 6.04 Å². The lowest BCUT2D eigenvalue weighted by atomic mass is 10.0. The number of ether oxygens (including phenoxy) is 2. The Morgan fingerprint density at radius 1 is 1.07 bits per heavy atom. The maximum atomic E-state index is 6.20. The summed E-state index contributed by atoms with van der Waals surface area (Å²) >= 11 is 0. The van der Waals surface area contributed by atoms with Crippen molar-refractivity contribution < 1.29 is 9.47 Å². The van der Waals surface area contributed by atoms with E-state index < -0.39 is 0 Å². The first-order valence-electron chi connectivity index (χ1n) is 10.5. The minimum atomic E-state index is 0.199. The molecule has 0 amide bonds. The van der Waals surface area contributed by atoms with Crippen LogP contribution in [0.5, 0.6) is 11.5 Å². The molecule has 0 spiro atoms. The van der Waals surface area contributed by atoms with Crippen LogP contribution in [0.15, 0.2) is 48.5 Å². The number of nitrogens with zero attached hydrogens (tertiary/aromatic N) is 2. The fourth-order valence-electron chi connectivity index (χ4n) is 4.49. The Morgan fingerprint density at radius 3 is 2.61 bits per heavy atom. The van der Waals surface area contributed by atoms with Crippen LogP contribution in [-0.2, 0) is 13.0 Å². The Labute approximate surface area is 169 Å². The van der Waals surface area contributed by atoms with Gasteiger partial charge in [-0.25, -0.2) is 0 Å². The van der Waals surface area contributed by atoms with Crippen LogP contribution in [0, 0.1) is 0 Å². The van der Waals surface area contributed by atoms with E-state index in [9.17, 15) is 0 Å². The van der Waals surface area contributed by atoms with E-state index in [1.54, 1.807) is 7.11 Å². The van der Waals surface area contributed by atoms with Crippen molar-refractivity contribution in [2.75, 3.05) is 33.3 Å². The van der Waals surface area contributed by atoms with Crippen LogP contribution in [0.2, 0.25) is 0 Å². The molecule has 2 aromatic carbocycles. The van der Waals surface area contributed by atoms with E-state index in [1.165, 1.54) is 43.6 Å². The Morgan fingerprint density at radius 2 is 1.86 bits per heavy atom. The third kappa shape index (κ3) is 4.68. The van der Waals surface area contributed by atoms with Gasteiger partial charge >= 0.3 is 0 Å². The van der Waals surface area contributed by atoms with E-state index in [1.807, 2.05) is 12.1 Å². The molecule has 0 aliphatic carbocycles. The zero-order chi connectivity index (χ0) is 19.3. The van der Waals surface area contributed by atoms with E-state index >= 15 is 0 Å². The quantitative estimate of drug-likeness (QED) is 0.783. The van der Waals surface area contributed by atoms with Crippen molar-refractivity contribution in [3.8, 4) is 11.5 Å². The maximum absolute atomic E-state index is 6.20. The van der Waals surface area contributed by atoms with E-state index in [4.69, 9.17) is 9.47 Å². The number of hydrogen-bond donors (Lipinski definition) is 0. The smallest absolute Gasteiger partial charge is 0.127 e. The van der Waals surface area contributed by atoms with Crippen LogP contribution in [0.1, 0.15) is 30.9 Å². The van der Waals surface area contributed by atoms with Gasteiger partial charge in [-0.1, -0.05) is 36.4 Å². The molecular weight excluding hydrogens is 348 g/mol. The second-order valence-corrected chi connectivity index (χ2v) is 8.14. The summed E-state index contributed by atoms with van der Waals surface area (Å²) in [6.45, 7) is 7.69. The average Bonchev–Trinajstić information content (AvgIpc) is 2.90. The Hall–Kier alpha value is -2.04. The van der Waals surface area contributed by atoms with Gasteiger partial charge in [-0.15, -0.1) is 0 Å². The third-order valence-corrected chi connectivity index (χ3v) is 6.10. The van der Waals surface area contributed by atoms with Crippen LogP contribution < -0.4 is 9.47 Å². The van der Waals surface area contributed by atoms with Crippen LogP contribution in [0.25, 0.3) is 0 Å². The van der Waals surface area contributed by atoms with Crippen molar-refractivity contribution in [2.45, 2.75) is 44.9 Å². The monoisotopic (exact) mass is 380 g/mol. The first-order chi connectivity index (χ1) is 13.7. The molecule has 1 atom stereocenters. The lowest BCUT2D eigenvalue weighted by Gasteiger charge is -2.38.